The fourth-order valence-corrected chi connectivity index (χ4v) is 5.37. The van der Waals surface area contributed by atoms with Crippen molar-refractivity contribution in [2.24, 2.45) is 0 Å². The van der Waals surface area contributed by atoms with Crippen molar-refractivity contribution in [1.82, 2.24) is 4.40 Å². The van der Waals surface area contributed by atoms with E-state index in [0.717, 1.165) is 11.1 Å². The molecule has 0 aliphatic rings. The van der Waals surface area contributed by atoms with Gasteiger partial charge in [-0.1, -0.05) is 65.7 Å². The molecular formula is C34H26N2O5. The van der Waals surface area contributed by atoms with Gasteiger partial charge in [-0.15, -0.1) is 0 Å². The zero-order chi connectivity index (χ0) is 28.8. The molecule has 1 N–H and O–H groups in total. The molecule has 7 heteroatoms. The van der Waals surface area contributed by atoms with Crippen LogP contribution in [0.2, 0.25) is 0 Å². The fourth-order valence-electron chi connectivity index (χ4n) is 5.37. The van der Waals surface area contributed by atoms with E-state index in [2.05, 4.69) is 5.32 Å². The van der Waals surface area contributed by atoms with Crippen molar-refractivity contribution in [3.05, 3.63) is 129 Å². The topological polar surface area (TPSA) is 93.9 Å². The summed E-state index contributed by atoms with van der Waals surface area (Å²) < 4.78 is 6.87. The van der Waals surface area contributed by atoms with Crippen LogP contribution in [0.4, 0.5) is 5.69 Å². The second-order valence-electron chi connectivity index (χ2n) is 10.0. The number of pyridine rings is 2. The molecule has 0 saturated carbocycles. The van der Waals surface area contributed by atoms with Crippen molar-refractivity contribution >= 4 is 50.4 Å². The number of esters is 1. The van der Waals surface area contributed by atoms with E-state index >= 15 is 0 Å². The van der Waals surface area contributed by atoms with E-state index in [4.69, 9.17) is 4.74 Å². The number of hydrogen-bond donors (Lipinski definition) is 1. The number of anilines is 1. The molecule has 2 heterocycles. The van der Waals surface area contributed by atoms with Gasteiger partial charge in [-0.05, 0) is 45.0 Å². The Morgan fingerprint density at radius 2 is 1.34 bits per heavy atom. The fraction of sp³-hybridized carbons (Fsp3) is 0.118. The molecule has 2 aromatic heterocycles. The van der Waals surface area contributed by atoms with Crippen molar-refractivity contribution in [3.8, 4) is 0 Å². The average Bonchev–Trinajstić information content (AvgIpc) is 2.97. The van der Waals surface area contributed by atoms with E-state index in [1.54, 1.807) is 67.7 Å². The van der Waals surface area contributed by atoms with E-state index in [0.29, 0.717) is 38.2 Å². The van der Waals surface area contributed by atoms with Gasteiger partial charge in [0.05, 0.1) is 28.9 Å². The van der Waals surface area contributed by atoms with E-state index in [1.165, 1.54) is 4.40 Å². The van der Waals surface area contributed by atoms with Crippen molar-refractivity contribution in [3.63, 3.8) is 0 Å². The molecule has 202 valence electrons. The lowest BCUT2D eigenvalue weighted by Gasteiger charge is -2.21. The number of amides is 1. The quantitative estimate of drug-likeness (QED) is 0.151. The minimum Gasteiger partial charge on any atom is -0.462 e. The summed E-state index contributed by atoms with van der Waals surface area (Å²) in [6.07, 6.45) is 1.60. The third-order valence-electron chi connectivity index (χ3n) is 7.36. The predicted molar refractivity (Wildman–Crippen MR) is 160 cm³/mol. The van der Waals surface area contributed by atoms with Crippen molar-refractivity contribution in [2.75, 3.05) is 11.9 Å². The number of nitrogens with zero attached hydrogens (tertiary/aromatic N) is 1. The molecule has 0 spiro atoms. The van der Waals surface area contributed by atoms with Crippen LogP contribution in [-0.4, -0.2) is 28.7 Å². The molecule has 0 radical (unpaired) electrons. The molecule has 0 saturated heterocycles. The van der Waals surface area contributed by atoms with Gasteiger partial charge >= 0.3 is 5.97 Å². The van der Waals surface area contributed by atoms with E-state index in [9.17, 15) is 19.2 Å². The van der Waals surface area contributed by atoms with Gasteiger partial charge in [0.25, 0.3) is 11.5 Å². The maximum atomic E-state index is 14.0. The van der Waals surface area contributed by atoms with Crippen LogP contribution in [-0.2, 0) is 4.74 Å². The summed E-state index contributed by atoms with van der Waals surface area (Å²) in [5, 5.41) is 4.87. The number of carbonyl (C=O) groups excluding carboxylic acids is 3. The number of aryl methyl sites for hydroxylation is 2. The number of aromatic nitrogens is 1. The standard InChI is InChI=1S/C34H26N2O5/c1-4-41-34(40)27-23-7-5-8-24-26(23)30-25(29(27)35-32(38)22-16-12-20(3)13-17-22)9-6-18-36(30)33(39)28(24)31(37)21-14-10-19(2)11-15-21/h5-18H,4H2,1-3H3,(H,35,38). The SMILES string of the molecule is CCOC(=O)c1c(NC(=O)c2ccc(C)cc2)c2cccn3c(=O)c(C(=O)c4ccc(C)cc4)c4cccc1c4c23. The van der Waals surface area contributed by atoms with Gasteiger partial charge in [0.1, 0.15) is 0 Å². The van der Waals surface area contributed by atoms with Crippen molar-refractivity contribution < 1.29 is 19.1 Å². The van der Waals surface area contributed by atoms with Gasteiger partial charge in [-0.25, -0.2) is 4.79 Å². The first-order chi connectivity index (χ1) is 19.8. The molecule has 0 bridgehead atoms. The lowest BCUT2D eigenvalue weighted by molar-refractivity contribution is 0.0530. The summed E-state index contributed by atoms with van der Waals surface area (Å²) in [4.78, 5) is 54.7. The van der Waals surface area contributed by atoms with Gasteiger partial charge in [0.15, 0.2) is 5.78 Å². The largest absolute Gasteiger partial charge is 0.462 e. The third kappa shape index (κ3) is 4.23. The maximum absolute atomic E-state index is 14.0. The smallest absolute Gasteiger partial charge is 0.340 e. The number of rotatable bonds is 6. The van der Waals surface area contributed by atoms with Crippen molar-refractivity contribution in [2.45, 2.75) is 20.8 Å². The summed E-state index contributed by atoms with van der Waals surface area (Å²) in [5.74, 6) is -1.44. The molecule has 6 aromatic rings. The second kappa shape index (κ2) is 10.0. The van der Waals surface area contributed by atoms with Crippen LogP contribution < -0.4 is 10.9 Å². The Morgan fingerprint density at radius 3 is 1.98 bits per heavy atom. The van der Waals surface area contributed by atoms with Gasteiger partial charge < -0.3 is 10.1 Å². The Kier molecular flexibility index (Phi) is 6.34. The number of hydrogen-bond acceptors (Lipinski definition) is 5. The molecule has 1 amide bonds. The third-order valence-corrected chi connectivity index (χ3v) is 7.36. The van der Waals surface area contributed by atoms with Gasteiger partial charge in [-0.3, -0.25) is 18.8 Å². The Labute approximate surface area is 235 Å². The molecule has 0 unspecified atom stereocenters. The van der Waals surface area contributed by atoms with Crippen LogP contribution in [0.1, 0.15) is 54.7 Å². The van der Waals surface area contributed by atoms with Crippen LogP contribution in [0.5, 0.6) is 0 Å². The van der Waals surface area contributed by atoms with Crippen LogP contribution in [0.3, 0.4) is 0 Å². The highest BCUT2D eigenvalue weighted by Gasteiger charge is 2.28. The minimum absolute atomic E-state index is 0.00991. The Hall–Kier alpha value is -5.30. The molecule has 7 nitrogen and oxygen atoms in total. The van der Waals surface area contributed by atoms with Crippen LogP contribution in [0.15, 0.2) is 89.9 Å². The Morgan fingerprint density at radius 1 is 0.756 bits per heavy atom. The van der Waals surface area contributed by atoms with Crippen LogP contribution in [0.25, 0.3) is 27.1 Å². The summed E-state index contributed by atoms with van der Waals surface area (Å²) in [5.41, 5.74) is 3.22. The maximum Gasteiger partial charge on any atom is 0.340 e. The second-order valence-corrected chi connectivity index (χ2v) is 10.0. The monoisotopic (exact) mass is 542 g/mol. The summed E-state index contributed by atoms with van der Waals surface area (Å²) >= 11 is 0. The first-order valence-electron chi connectivity index (χ1n) is 13.3. The minimum atomic E-state index is -0.621. The molecule has 0 aliphatic heterocycles. The highest BCUT2D eigenvalue weighted by molar-refractivity contribution is 6.30. The number of benzene rings is 4. The van der Waals surface area contributed by atoms with Gasteiger partial charge in [-0.2, -0.15) is 0 Å². The highest BCUT2D eigenvalue weighted by atomic mass is 16.5. The molecule has 0 atom stereocenters. The van der Waals surface area contributed by atoms with Crippen LogP contribution in [0, 0.1) is 13.8 Å². The molecular weight excluding hydrogens is 516 g/mol. The summed E-state index contributed by atoms with van der Waals surface area (Å²) in [6.45, 7) is 5.68. The van der Waals surface area contributed by atoms with Crippen LogP contribution >= 0.6 is 0 Å². The first kappa shape index (κ1) is 26.0. The Bertz CT molecular complexity index is 2060. The number of ketones is 1. The number of carbonyl (C=O) groups is 3. The first-order valence-corrected chi connectivity index (χ1v) is 13.3. The normalized spacial score (nSPS) is 11.3. The van der Waals surface area contributed by atoms with Crippen molar-refractivity contribution in [1.29, 1.82) is 0 Å². The molecule has 0 aliphatic carbocycles. The number of nitrogens with one attached hydrogen (secondary N) is 1. The molecule has 4 aromatic carbocycles. The van der Waals surface area contributed by atoms with Gasteiger partial charge in [0.2, 0.25) is 0 Å². The molecule has 6 rings (SSSR count). The highest BCUT2D eigenvalue weighted by Crippen LogP contribution is 2.40. The zero-order valence-corrected chi connectivity index (χ0v) is 22.8. The van der Waals surface area contributed by atoms with Gasteiger partial charge in [0, 0.05) is 38.9 Å². The average molecular weight is 543 g/mol. The van der Waals surface area contributed by atoms with E-state index in [-0.39, 0.29) is 23.4 Å². The van der Waals surface area contributed by atoms with E-state index < -0.39 is 23.2 Å². The Balaban J connectivity index is 1.69. The predicted octanol–water partition coefficient (Wildman–Crippen LogP) is 6.32. The summed E-state index contributed by atoms with van der Waals surface area (Å²) in [7, 11) is 0. The lowest BCUT2D eigenvalue weighted by Crippen LogP contribution is -2.25. The lowest BCUT2D eigenvalue weighted by atomic mass is 9.90. The van der Waals surface area contributed by atoms with E-state index in [1.807, 2.05) is 38.1 Å². The molecule has 41 heavy (non-hydrogen) atoms. The molecule has 0 fully saturated rings. The summed E-state index contributed by atoms with van der Waals surface area (Å²) in [6, 6.07) is 22.7. The zero-order valence-electron chi connectivity index (χ0n) is 22.8. The number of ether oxygens (including phenoxy) is 1.